The topological polar surface area (TPSA) is 0 Å². The highest BCUT2D eigenvalue weighted by Gasteiger charge is 2.28. The van der Waals surface area contributed by atoms with Crippen LogP contribution in [0.2, 0.25) is 0 Å². The van der Waals surface area contributed by atoms with Crippen molar-refractivity contribution in [3.05, 3.63) is 119 Å². The second-order valence-corrected chi connectivity index (χ2v) is 8.07. The monoisotopic (exact) mass is 368 g/mol. The van der Waals surface area contributed by atoms with E-state index in [1.54, 1.807) is 0 Å². The van der Waals surface area contributed by atoms with Crippen molar-refractivity contribution in [3.8, 4) is 0 Å². The summed E-state index contributed by atoms with van der Waals surface area (Å²) in [6.07, 6.45) is 15.5. The van der Waals surface area contributed by atoms with Gasteiger partial charge in [-0.3, -0.25) is 0 Å². The third-order valence-corrected chi connectivity index (χ3v) is 6.21. The Kier molecular flexibility index (Phi) is 4.24. The summed E-state index contributed by atoms with van der Waals surface area (Å²) in [6.45, 7) is 8.37. The molecule has 2 radical (unpaired) electrons. The number of allylic oxidation sites excluding steroid dienone is 11. The van der Waals surface area contributed by atoms with Gasteiger partial charge >= 0.3 is 0 Å². The second-order valence-electron chi connectivity index (χ2n) is 8.07. The molecule has 1 unspecified atom stereocenters. The first-order chi connectivity index (χ1) is 14.1. The van der Waals surface area contributed by atoms with Gasteiger partial charge in [-0.1, -0.05) is 113 Å². The molecule has 0 spiro atoms. The Labute approximate surface area is 175 Å². The molecule has 2 aromatic rings. The Morgan fingerprint density at radius 3 is 2.59 bits per heavy atom. The fraction of sp³-hybridized carbons (Fsp3) is 0.111. The molecule has 5 rings (SSSR count). The van der Waals surface area contributed by atoms with Gasteiger partial charge in [-0.05, 0) is 41.7 Å². The first-order valence-corrected chi connectivity index (χ1v) is 10.2. The molecular formula is C27H22B2. The summed E-state index contributed by atoms with van der Waals surface area (Å²) in [5.41, 5.74) is 11.4. The van der Waals surface area contributed by atoms with Crippen LogP contribution in [0.4, 0.5) is 0 Å². The molecule has 0 amide bonds. The lowest BCUT2D eigenvalue weighted by atomic mass is 9.65. The average molecular weight is 368 g/mol. The second kappa shape index (κ2) is 6.81. The minimum absolute atomic E-state index is 0.145. The Bertz CT molecular complexity index is 1190. The maximum absolute atomic E-state index is 4.02. The van der Waals surface area contributed by atoms with Crippen molar-refractivity contribution in [2.75, 3.05) is 0 Å². The van der Waals surface area contributed by atoms with Crippen LogP contribution >= 0.6 is 0 Å². The first kappa shape index (κ1) is 18.1. The molecule has 2 aliphatic heterocycles. The maximum Gasteiger partial charge on any atom is 0.193 e. The van der Waals surface area contributed by atoms with Crippen molar-refractivity contribution in [1.82, 2.24) is 0 Å². The molecule has 0 bridgehead atoms. The van der Waals surface area contributed by atoms with Crippen LogP contribution in [0.5, 0.6) is 0 Å². The van der Waals surface area contributed by atoms with Gasteiger partial charge in [0.25, 0.3) is 0 Å². The third-order valence-electron chi connectivity index (χ3n) is 6.21. The van der Waals surface area contributed by atoms with E-state index in [0.29, 0.717) is 0 Å². The zero-order valence-electron chi connectivity index (χ0n) is 16.9. The van der Waals surface area contributed by atoms with Gasteiger partial charge in [-0.15, -0.1) is 0 Å². The minimum atomic E-state index is -0.145. The van der Waals surface area contributed by atoms with Crippen LogP contribution < -0.4 is 10.9 Å². The molecule has 1 aliphatic carbocycles. The summed E-state index contributed by atoms with van der Waals surface area (Å²) in [7, 11) is 4.56. The molecule has 0 fully saturated rings. The molecule has 3 aliphatic rings. The Balaban J connectivity index is 1.51. The van der Waals surface area contributed by atoms with Crippen LogP contribution in [0.1, 0.15) is 30.5 Å². The highest BCUT2D eigenvalue weighted by Crippen LogP contribution is 2.36. The van der Waals surface area contributed by atoms with Gasteiger partial charge in [0.05, 0.1) is 0 Å². The molecule has 0 saturated carbocycles. The molecule has 2 aromatic carbocycles. The SMILES string of the molecule is C=CC1=C(/C=C\C)[B]c2cc(C3(C)C=CC4=C(C=C3)c3ccccc3[B]4)ccc21. The molecule has 1 atom stereocenters. The van der Waals surface area contributed by atoms with Crippen molar-refractivity contribution < 1.29 is 0 Å². The van der Waals surface area contributed by atoms with E-state index in [0.717, 1.165) is 0 Å². The van der Waals surface area contributed by atoms with Crippen molar-refractivity contribution in [2.45, 2.75) is 19.3 Å². The van der Waals surface area contributed by atoms with Crippen molar-refractivity contribution >= 4 is 36.6 Å². The normalized spacial score (nSPS) is 21.6. The summed E-state index contributed by atoms with van der Waals surface area (Å²) < 4.78 is 0. The maximum atomic E-state index is 4.02. The van der Waals surface area contributed by atoms with Gasteiger partial charge < -0.3 is 0 Å². The van der Waals surface area contributed by atoms with Gasteiger partial charge in [0.1, 0.15) is 0 Å². The molecular weight excluding hydrogens is 346 g/mol. The molecule has 2 heterocycles. The van der Waals surface area contributed by atoms with E-state index in [-0.39, 0.29) is 5.41 Å². The number of fused-ring (bicyclic) bond motifs is 3. The van der Waals surface area contributed by atoms with E-state index in [2.05, 4.69) is 114 Å². The smallest absolute Gasteiger partial charge is 0.0985 e. The van der Waals surface area contributed by atoms with E-state index in [4.69, 9.17) is 0 Å². The fourth-order valence-corrected chi connectivity index (χ4v) is 4.57. The van der Waals surface area contributed by atoms with Gasteiger partial charge in [0, 0.05) is 5.41 Å². The van der Waals surface area contributed by atoms with Gasteiger partial charge in [0.15, 0.2) is 14.6 Å². The number of benzene rings is 2. The predicted molar refractivity (Wildman–Crippen MR) is 128 cm³/mol. The van der Waals surface area contributed by atoms with E-state index in [1.165, 1.54) is 49.7 Å². The first-order valence-electron chi connectivity index (χ1n) is 10.2. The van der Waals surface area contributed by atoms with Crippen LogP contribution in [0.3, 0.4) is 0 Å². The molecule has 2 heteroatoms. The Morgan fingerprint density at radius 2 is 1.76 bits per heavy atom. The third kappa shape index (κ3) is 2.86. The largest absolute Gasteiger partial charge is 0.193 e. The highest BCUT2D eigenvalue weighted by atomic mass is 14.3. The Hall–Kier alpha value is -2.99. The number of hydrogen-bond acceptors (Lipinski definition) is 0. The standard InChI is InChI=1S/C27H22B2/c1-4-8-23-19(5-2)21-12-11-18(17-26(21)29-23)27(3)15-13-22-20-9-6-7-10-24(20)28-25(22)14-16-27/h4-17H,2H2,1,3H3/b8-4-. The van der Waals surface area contributed by atoms with Gasteiger partial charge in [-0.2, -0.15) is 0 Å². The molecule has 0 nitrogen and oxygen atoms in total. The van der Waals surface area contributed by atoms with Crippen LogP contribution in [0.15, 0.2) is 103 Å². The summed E-state index contributed by atoms with van der Waals surface area (Å²) in [6, 6.07) is 15.5. The van der Waals surface area contributed by atoms with Crippen molar-refractivity contribution in [2.24, 2.45) is 0 Å². The van der Waals surface area contributed by atoms with Gasteiger partial charge in [0.2, 0.25) is 0 Å². The average Bonchev–Trinajstić information content (AvgIpc) is 3.22. The zero-order chi connectivity index (χ0) is 20.0. The summed E-state index contributed by atoms with van der Waals surface area (Å²) in [5.74, 6) is 0. The van der Waals surface area contributed by atoms with Crippen LogP contribution in [0.25, 0.3) is 11.1 Å². The quantitative estimate of drug-likeness (QED) is 0.693. The van der Waals surface area contributed by atoms with E-state index >= 15 is 0 Å². The van der Waals surface area contributed by atoms with Gasteiger partial charge in [-0.25, -0.2) is 0 Å². The molecule has 0 aromatic heterocycles. The molecule has 136 valence electrons. The van der Waals surface area contributed by atoms with Crippen LogP contribution in [0, 0.1) is 0 Å². The highest BCUT2D eigenvalue weighted by molar-refractivity contribution is 6.67. The number of hydrogen-bond donors (Lipinski definition) is 0. The van der Waals surface area contributed by atoms with E-state index < -0.39 is 0 Å². The van der Waals surface area contributed by atoms with E-state index in [9.17, 15) is 0 Å². The predicted octanol–water partition coefficient (Wildman–Crippen LogP) is 4.64. The summed E-state index contributed by atoms with van der Waals surface area (Å²) >= 11 is 0. The molecule has 0 N–H and O–H groups in total. The van der Waals surface area contributed by atoms with Crippen LogP contribution in [-0.4, -0.2) is 14.6 Å². The minimum Gasteiger partial charge on any atom is -0.0985 e. The summed E-state index contributed by atoms with van der Waals surface area (Å²) in [5, 5.41) is 0. The summed E-state index contributed by atoms with van der Waals surface area (Å²) in [4.78, 5) is 0. The van der Waals surface area contributed by atoms with Crippen molar-refractivity contribution in [1.29, 1.82) is 0 Å². The lowest BCUT2D eigenvalue weighted by Gasteiger charge is -2.23. The fourth-order valence-electron chi connectivity index (χ4n) is 4.57. The zero-order valence-corrected chi connectivity index (χ0v) is 16.9. The molecule has 29 heavy (non-hydrogen) atoms. The van der Waals surface area contributed by atoms with Crippen LogP contribution in [-0.2, 0) is 5.41 Å². The lowest BCUT2D eigenvalue weighted by molar-refractivity contribution is 0.760. The number of rotatable bonds is 3. The van der Waals surface area contributed by atoms with E-state index in [1.807, 2.05) is 6.08 Å². The van der Waals surface area contributed by atoms with Crippen molar-refractivity contribution in [3.63, 3.8) is 0 Å². The molecule has 0 saturated heterocycles. The Morgan fingerprint density at radius 1 is 0.931 bits per heavy atom. The lowest BCUT2D eigenvalue weighted by Crippen LogP contribution is -2.21.